The molecular formula is C6H11NO. The monoisotopic (exact) mass is 114 g/mol. The van der Waals surface area contributed by atoms with Gasteiger partial charge in [0.2, 0.25) is 5.91 Å². The minimum Gasteiger partial charge on any atom is -0.356 e. The number of rotatable bonds is 0. The zero-order chi connectivity index (χ0) is 6.69. The van der Waals surface area contributed by atoms with E-state index in [9.17, 15) is 4.79 Å². The Kier molecular flexibility index (Phi) is 1.47. The summed E-state index contributed by atoms with van der Waals surface area (Å²) in [5.74, 6) is 0.102. The Balaban J connectivity index is 2.34. The Bertz CT molecular complexity index is 116. The third kappa shape index (κ3) is 1.52. The summed E-state index contributed by atoms with van der Waals surface area (Å²) in [5, 5.41) is 2.67. The molecule has 0 aliphatic carbocycles. The third-order valence-electron chi connectivity index (χ3n) is 1.26. The van der Waals surface area contributed by atoms with Gasteiger partial charge in [-0.25, -0.2) is 0 Å². The highest BCUT2D eigenvalue weighted by Gasteiger charge is 2.03. The second-order valence-corrected chi connectivity index (χ2v) is 1.98. The lowest BCUT2D eigenvalue weighted by Crippen LogP contribution is -2.21. The van der Waals surface area contributed by atoms with Crippen molar-refractivity contribution < 1.29 is 6.17 Å². The Hall–Kier alpha value is -0.530. The molecule has 1 aliphatic rings. The fourth-order valence-electron chi connectivity index (χ4n) is 0.783. The van der Waals surface area contributed by atoms with E-state index in [1.54, 1.807) is 0 Å². The fraction of sp³-hybridized carbons (Fsp3) is 0.833. The van der Waals surface area contributed by atoms with Crippen molar-refractivity contribution in [2.45, 2.75) is 25.7 Å². The molecule has 0 bridgehead atoms. The van der Waals surface area contributed by atoms with Crippen LogP contribution in [0.4, 0.5) is 0 Å². The molecule has 2 nitrogen and oxygen atoms in total. The summed E-state index contributed by atoms with van der Waals surface area (Å²) in [7, 11) is 0. The molecule has 0 aromatic heterocycles. The minimum atomic E-state index is -0.0727. The van der Waals surface area contributed by atoms with Crippen molar-refractivity contribution in [2.24, 2.45) is 0 Å². The van der Waals surface area contributed by atoms with Crippen LogP contribution in [0.3, 0.4) is 0 Å². The van der Waals surface area contributed by atoms with Crippen LogP contribution in [0, 0.1) is 0 Å². The van der Waals surface area contributed by atoms with E-state index in [1.165, 1.54) is 0 Å². The summed E-state index contributed by atoms with van der Waals surface area (Å²) in [6, 6.07) is 0. The van der Waals surface area contributed by atoms with Gasteiger partial charge in [-0.05, 0) is 12.8 Å². The lowest BCUT2D eigenvalue weighted by Gasteiger charge is -1.93. The van der Waals surface area contributed by atoms with Crippen molar-refractivity contribution in [2.75, 3.05) is 6.54 Å². The van der Waals surface area contributed by atoms with Gasteiger partial charge in [-0.1, -0.05) is 6.42 Å². The van der Waals surface area contributed by atoms with Crippen LogP contribution in [0.5, 0.6) is 0 Å². The van der Waals surface area contributed by atoms with Gasteiger partial charge >= 0.3 is 0 Å². The molecule has 0 spiro atoms. The largest absolute Gasteiger partial charge is 0.356 e. The summed E-state index contributed by atoms with van der Waals surface area (Å²) in [5.41, 5.74) is 0. The predicted molar refractivity (Wildman–Crippen MR) is 31.5 cm³/mol. The van der Waals surface area contributed by atoms with E-state index in [0.717, 1.165) is 12.8 Å². The second-order valence-electron chi connectivity index (χ2n) is 1.98. The maximum atomic E-state index is 10.6. The topological polar surface area (TPSA) is 29.1 Å². The van der Waals surface area contributed by atoms with E-state index >= 15 is 0 Å². The molecule has 1 heterocycles. The van der Waals surface area contributed by atoms with Crippen molar-refractivity contribution in [1.82, 2.24) is 5.32 Å². The van der Waals surface area contributed by atoms with E-state index in [0.29, 0.717) is 13.0 Å². The summed E-state index contributed by atoms with van der Waals surface area (Å²) in [6.45, 7) is 0.541. The van der Waals surface area contributed by atoms with Gasteiger partial charge in [-0.3, -0.25) is 4.79 Å². The van der Waals surface area contributed by atoms with Gasteiger partial charge in [-0.15, -0.1) is 0 Å². The maximum absolute atomic E-state index is 10.6. The van der Waals surface area contributed by atoms with Crippen LogP contribution < -0.4 is 5.32 Å². The van der Waals surface area contributed by atoms with Crippen LogP contribution in [0.1, 0.15) is 27.0 Å². The molecule has 1 fully saturated rings. The van der Waals surface area contributed by atoms with E-state index in [2.05, 4.69) is 5.32 Å². The van der Waals surface area contributed by atoms with Crippen molar-refractivity contribution in [3.8, 4) is 0 Å². The van der Waals surface area contributed by atoms with Gasteiger partial charge in [-0.2, -0.15) is 0 Å². The number of hydrogen-bond donors (Lipinski definition) is 1. The number of amides is 1. The molecule has 1 saturated heterocycles. The molecule has 0 aromatic carbocycles. The quantitative estimate of drug-likeness (QED) is 0.493. The second kappa shape index (κ2) is 2.70. The zero-order valence-corrected chi connectivity index (χ0v) is 4.81. The van der Waals surface area contributed by atoms with Gasteiger partial charge in [0.05, 0.1) is 0 Å². The summed E-state index contributed by atoms with van der Waals surface area (Å²) < 4.78 is 7.29. The summed E-state index contributed by atoms with van der Waals surface area (Å²) in [6.07, 6.45) is 2.27. The van der Waals surface area contributed by atoms with Crippen molar-refractivity contribution in [3.05, 3.63) is 0 Å². The molecule has 2 heteroatoms. The lowest BCUT2D eigenvalue weighted by atomic mass is 10.2. The molecule has 0 aromatic rings. The number of carbonyl (C=O) groups is 1. The summed E-state index contributed by atoms with van der Waals surface area (Å²) in [4.78, 5) is 10.6. The normalized spacial score (nSPS) is 32.8. The van der Waals surface area contributed by atoms with E-state index < -0.39 is 0 Å². The van der Waals surface area contributed by atoms with Gasteiger partial charge in [0, 0.05) is 14.3 Å². The molecule has 1 amide bonds. The molecule has 1 unspecified atom stereocenters. The maximum Gasteiger partial charge on any atom is 0.219 e. The first-order chi connectivity index (χ1) is 4.29. The molecular weight excluding hydrogens is 102 g/mol. The van der Waals surface area contributed by atoms with Crippen molar-refractivity contribution >= 4 is 5.91 Å². The lowest BCUT2D eigenvalue weighted by molar-refractivity contribution is -0.120. The molecule has 8 heavy (non-hydrogen) atoms. The highest BCUT2D eigenvalue weighted by atomic mass is 16.1. The standard InChI is InChI=1S/C6H11NO/c8-6-4-2-1-3-5-7-6/h1-5H2,(H,7,8)/i3D. The molecule has 1 rings (SSSR count). The molecule has 0 saturated carbocycles. The molecule has 1 atom stereocenters. The highest BCUT2D eigenvalue weighted by Crippen LogP contribution is 2.02. The molecule has 1 N–H and O–H groups in total. The van der Waals surface area contributed by atoms with Crippen LogP contribution in [-0.2, 0) is 4.79 Å². The van der Waals surface area contributed by atoms with Crippen LogP contribution in [0.2, 0.25) is 0 Å². The number of nitrogens with one attached hydrogen (secondary N) is 1. The van der Waals surface area contributed by atoms with Gasteiger partial charge in [0.15, 0.2) is 0 Å². The first kappa shape index (κ1) is 4.36. The van der Waals surface area contributed by atoms with Crippen molar-refractivity contribution in [3.63, 3.8) is 0 Å². The van der Waals surface area contributed by atoms with Gasteiger partial charge in [0.1, 0.15) is 0 Å². The predicted octanol–water partition coefficient (Wildman–Crippen LogP) is 0.677. The van der Waals surface area contributed by atoms with E-state index in [1.807, 2.05) is 0 Å². The SMILES string of the molecule is [2H]C1CCCC(=O)NC1. The average molecular weight is 114 g/mol. The first-order valence-electron chi connectivity index (χ1n) is 3.56. The smallest absolute Gasteiger partial charge is 0.219 e. The summed E-state index contributed by atoms with van der Waals surface area (Å²) >= 11 is 0. The number of carbonyl (C=O) groups excluding carboxylic acids is 1. The minimum absolute atomic E-state index is 0.0727. The Morgan fingerprint density at radius 1 is 1.62 bits per heavy atom. The van der Waals surface area contributed by atoms with Crippen molar-refractivity contribution in [1.29, 1.82) is 0 Å². The van der Waals surface area contributed by atoms with E-state index in [-0.39, 0.29) is 12.3 Å². The first-order valence-corrected chi connectivity index (χ1v) is 2.98. The molecule has 46 valence electrons. The van der Waals surface area contributed by atoms with Crippen LogP contribution in [0.15, 0.2) is 0 Å². The fourth-order valence-corrected chi connectivity index (χ4v) is 0.783. The zero-order valence-electron chi connectivity index (χ0n) is 5.81. The average Bonchev–Trinajstić information content (AvgIpc) is 1.97. The van der Waals surface area contributed by atoms with Crippen LogP contribution in [-0.4, -0.2) is 12.5 Å². The Morgan fingerprint density at radius 3 is 3.38 bits per heavy atom. The van der Waals surface area contributed by atoms with Gasteiger partial charge < -0.3 is 5.32 Å². The molecule has 1 aliphatic heterocycles. The highest BCUT2D eigenvalue weighted by molar-refractivity contribution is 5.75. The van der Waals surface area contributed by atoms with Gasteiger partial charge in [0.25, 0.3) is 0 Å². The Morgan fingerprint density at radius 2 is 2.50 bits per heavy atom. The molecule has 0 radical (unpaired) electrons. The van der Waals surface area contributed by atoms with Crippen LogP contribution >= 0.6 is 0 Å². The third-order valence-corrected chi connectivity index (χ3v) is 1.26. The Labute approximate surface area is 50.7 Å². The van der Waals surface area contributed by atoms with E-state index in [4.69, 9.17) is 1.37 Å². The van der Waals surface area contributed by atoms with Crippen LogP contribution in [0.25, 0.3) is 0 Å². The number of hydrogen-bond acceptors (Lipinski definition) is 1.